The number of carbonyl (C=O) groups excluding carboxylic acids is 1. The van der Waals surface area contributed by atoms with Gasteiger partial charge in [0.15, 0.2) is 0 Å². The van der Waals surface area contributed by atoms with Gasteiger partial charge in [-0.1, -0.05) is 25.6 Å². The van der Waals surface area contributed by atoms with Crippen LogP contribution in [0.2, 0.25) is 0 Å². The van der Waals surface area contributed by atoms with Crippen molar-refractivity contribution in [3.63, 3.8) is 0 Å². The Morgan fingerprint density at radius 3 is 2.74 bits per heavy atom. The highest BCUT2D eigenvalue weighted by Crippen LogP contribution is 2.42. The summed E-state index contributed by atoms with van der Waals surface area (Å²) >= 11 is 0.984. The fourth-order valence-electron chi connectivity index (χ4n) is 2.34. The van der Waals surface area contributed by atoms with Crippen molar-refractivity contribution in [1.29, 1.82) is 0 Å². The third-order valence-electron chi connectivity index (χ3n) is 3.69. The van der Waals surface area contributed by atoms with Crippen molar-refractivity contribution in [2.45, 2.75) is 44.8 Å². The van der Waals surface area contributed by atoms with Gasteiger partial charge in [-0.25, -0.2) is 8.78 Å². The van der Waals surface area contributed by atoms with Gasteiger partial charge in [0.05, 0.1) is 12.1 Å². The van der Waals surface area contributed by atoms with Crippen LogP contribution in [0.3, 0.4) is 0 Å². The Hall–Kier alpha value is -0.690. The number of halogens is 2. The molecular weight excluding hydrogens is 276 g/mol. The molecule has 0 aromatic heterocycles. The summed E-state index contributed by atoms with van der Waals surface area (Å²) in [6.07, 6.45) is -2.81. The molecule has 7 heteroatoms. The molecule has 0 aromatic carbocycles. The maximum absolute atomic E-state index is 12.7. The minimum Gasteiger partial charge on any atom is -0.463 e. The molecule has 0 aromatic rings. The molecule has 0 saturated carbocycles. The number of esters is 1. The highest BCUT2D eigenvalue weighted by atomic mass is 32.2. The van der Waals surface area contributed by atoms with E-state index in [1.807, 2.05) is 13.8 Å². The molecule has 2 aliphatic rings. The predicted octanol–water partition coefficient (Wildman–Crippen LogP) is 2.33. The van der Waals surface area contributed by atoms with Crippen LogP contribution in [0.15, 0.2) is 4.99 Å². The summed E-state index contributed by atoms with van der Waals surface area (Å²) in [7, 11) is 0. The second kappa shape index (κ2) is 5.75. The molecule has 0 spiro atoms. The Morgan fingerprint density at radius 2 is 2.16 bits per heavy atom. The van der Waals surface area contributed by atoms with Crippen LogP contribution in [0, 0.1) is 11.8 Å². The second-order valence-electron chi connectivity index (χ2n) is 4.94. The van der Waals surface area contributed by atoms with E-state index in [4.69, 9.17) is 9.47 Å². The van der Waals surface area contributed by atoms with E-state index in [0.717, 1.165) is 11.8 Å². The molecule has 108 valence electrons. The van der Waals surface area contributed by atoms with Crippen LogP contribution >= 0.6 is 11.8 Å². The number of aliphatic imine (C=N–C) groups is 1. The number of alkyl halides is 2. The summed E-state index contributed by atoms with van der Waals surface area (Å²) in [4.78, 5) is 14.9. The van der Waals surface area contributed by atoms with Gasteiger partial charge < -0.3 is 9.47 Å². The number of thioether (sulfide) groups is 1. The fourth-order valence-corrected chi connectivity index (χ4v) is 3.51. The lowest BCUT2D eigenvalue weighted by Gasteiger charge is -2.40. The fraction of sp³-hybridized carbons (Fsp3) is 0.833. The number of fused-ring (bicyclic) bond motifs is 1. The Kier molecular flexibility index (Phi) is 4.45. The maximum atomic E-state index is 12.7. The van der Waals surface area contributed by atoms with E-state index in [-0.39, 0.29) is 41.6 Å². The number of nitrogens with zero attached hydrogens (tertiary/aromatic N) is 1. The van der Waals surface area contributed by atoms with E-state index < -0.39 is 11.9 Å². The molecule has 0 N–H and O–H groups in total. The first-order valence-electron chi connectivity index (χ1n) is 6.21. The van der Waals surface area contributed by atoms with Crippen LogP contribution in [0.4, 0.5) is 8.78 Å². The molecule has 19 heavy (non-hydrogen) atoms. The molecule has 0 amide bonds. The molecule has 2 aliphatic heterocycles. The number of hydrogen-bond acceptors (Lipinski definition) is 5. The smallest absolute Gasteiger partial charge is 0.302 e. The van der Waals surface area contributed by atoms with Gasteiger partial charge in [-0.05, 0) is 11.8 Å². The SMILES string of the molecule is CC(=O)OC[C@H]1O[C@@H]2SC(C(F)F)=N[C@@H]2[C@@H](C)[C@@H]1C. The molecule has 5 atom stereocenters. The summed E-state index contributed by atoms with van der Waals surface area (Å²) in [6.45, 7) is 5.44. The largest absolute Gasteiger partial charge is 0.463 e. The summed E-state index contributed by atoms with van der Waals surface area (Å²) in [5.41, 5.74) is -0.393. The van der Waals surface area contributed by atoms with E-state index in [0.29, 0.717) is 0 Å². The van der Waals surface area contributed by atoms with Crippen molar-refractivity contribution in [3.8, 4) is 0 Å². The summed E-state index contributed by atoms with van der Waals surface area (Å²) in [5.74, 6) is -0.154. The molecule has 0 bridgehead atoms. The summed E-state index contributed by atoms with van der Waals surface area (Å²) in [6, 6.07) is -0.238. The van der Waals surface area contributed by atoms with Gasteiger partial charge in [-0.15, -0.1) is 0 Å². The number of rotatable bonds is 3. The Labute approximate surface area is 114 Å². The van der Waals surface area contributed by atoms with Crippen LogP contribution in [0.25, 0.3) is 0 Å². The van der Waals surface area contributed by atoms with Gasteiger partial charge in [0.2, 0.25) is 0 Å². The van der Waals surface area contributed by atoms with E-state index in [9.17, 15) is 13.6 Å². The van der Waals surface area contributed by atoms with Gasteiger partial charge in [-0.2, -0.15) is 0 Å². The van der Waals surface area contributed by atoms with Crippen molar-refractivity contribution < 1.29 is 23.0 Å². The molecule has 0 aliphatic carbocycles. The van der Waals surface area contributed by atoms with E-state index in [1.165, 1.54) is 6.92 Å². The number of hydrogen-bond donors (Lipinski definition) is 0. The van der Waals surface area contributed by atoms with Gasteiger partial charge in [0, 0.05) is 6.92 Å². The average molecular weight is 293 g/mol. The van der Waals surface area contributed by atoms with Crippen molar-refractivity contribution in [1.82, 2.24) is 0 Å². The number of carbonyl (C=O) groups is 1. The minimum absolute atomic E-state index is 0.0990. The highest BCUT2D eigenvalue weighted by molar-refractivity contribution is 8.14. The number of ether oxygens (including phenoxy) is 2. The lowest BCUT2D eigenvalue weighted by Crippen LogP contribution is -2.47. The van der Waals surface area contributed by atoms with Crippen molar-refractivity contribution in [2.24, 2.45) is 16.8 Å². The molecular formula is C12H17F2NO3S. The molecule has 1 fully saturated rings. The average Bonchev–Trinajstić information content (AvgIpc) is 2.76. The third kappa shape index (κ3) is 3.08. The van der Waals surface area contributed by atoms with E-state index >= 15 is 0 Å². The summed E-state index contributed by atoms with van der Waals surface area (Å²) < 4.78 is 36.1. The van der Waals surface area contributed by atoms with Crippen molar-refractivity contribution >= 4 is 22.8 Å². The molecule has 0 radical (unpaired) electrons. The molecule has 4 nitrogen and oxygen atoms in total. The van der Waals surface area contributed by atoms with Gasteiger partial charge in [-0.3, -0.25) is 9.79 Å². The lowest BCUT2D eigenvalue weighted by atomic mass is 9.83. The van der Waals surface area contributed by atoms with E-state index in [2.05, 4.69) is 4.99 Å². The topological polar surface area (TPSA) is 47.9 Å². The first kappa shape index (κ1) is 14.7. The highest BCUT2D eigenvalue weighted by Gasteiger charge is 2.46. The first-order valence-corrected chi connectivity index (χ1v) is 7.09. The minimum atomic E-state index is -2.55. The van der Waals surface area contributed by atoms with Crippen LogP contribution in [0.1, 0.15) is 20.8 Å². The predicted molar refractivity (Wildman–Crippen MR) is 68.4 cm³/mol. The van der Waals surface area contributed by atoms with Crippen LogP contribution < -0.4 is 0 Å². The molecule has 2 rings (SSSR count). The van der Waals surface area contributed by atoms with Gasteiger partial charge >= 0.3 is 5.97 Å². The normalized spacial score (nSPS) is 38.0. The Bertz CT molecular complexity index is 391. The van der Waals surface area contributed by atoms with Crippen LogP contribution in [-0.4, -0.2) is 41.6 Å². The zero-order valence-corrected chi connectivity index (χ0v) is 11.8. The maximum Gasteiger partial charge on any atom is 0.302 e. The monoisotopic (exact) mass is 293 g/mol. The lowest BCUT2D eigenvalue weighted by molar-refractivity contribution is -0.152. The summed E-state index contributed by atoms with van der Waals surface area (Å²) in [5, 5.41) is -0.151. The van der Waals surface area contributed by atoms with E-state index in [1.54, 1.807) is 0 Å². The van der Waals surface area contributed by atoms with Gasteiger partial charge in [0.25, 0.3) is 6.43 Å². The standard InChI is InChI=1S/C12H17F2NO3S/c1-5-6(2)9-12(19-11(15-9)10(13)14)18-8(5)4-17-7(3)16/h5-6,8-10,12H,4H2,1-3H3/t5-,6-,8+,9+,12+/m0/s1. The van der Waals surface area contributed by atoms with Crippen molar-refractivity contribution in [3.05, 3.63) is 0 Å². The Balaban J connectivity index is 2.03. The third-order valence-corrected chi connectivity index (χ3v) is 4.84. The zero-order valence-electron chi connectivity index (χ0n) is 11.0. The zero-order chi connectivity index (χ0) is 14.2. The molecule has 1 saturated heterocycles. The Morgan fingerprint density at radius 1 is 1.47 bits per heavy atom. The molecule has 0 unspecified atom stereocenters. The van der Waals surface area contributed by atoms with Crippen LogP contribution in [0.5, 0.6) is 0 Å². The first-order chi connectivity index (χ1) is 8.90. The molecule has 2 heterocycles. The van der Waals surface area contributed by atoms with Gasteiger partial charge in [0.1, 0.15) is 17.1 Å². The second-order valence-corrected chi connectivity index (χ2v) is 6.06. The quantitative estimate of drug-likeness (QED) is 0.749. The van der Waals surface area contributed by atoms with Crippen molar-refractivity contribution in [2.75, 3.05) is 6.61 Å². The van der Waals surface area contributed by atoms with Crippen LogP contribution in [-0.2, 0) is 14.3 Å².